The highest BCUT2D eigenvalue weighted by Gasteiger charge is 2.54. The second-order valence-electron chi connectivity index (χ2n) is 10.3. The first-order valence-electron chi connectivity index (χ1n) is 13.3. The molecule has 188 valence electrons. The largest absolute Gasteiger partial charge is 0.308 e. The monoisotopic (exact) mass is 549 g/mol. The Morgan fingerprint density at radius 2 is 1.43 bits per heavy atom. The van der Waals surface area contributed by atoms with Gasteiger partial charge in [-0.25, -0.2) is 0 Å². The summed E-state index contributed by atoms with van der Waals surface area (Å²) in [5, 5.41) is 0.633. The standard InChI is InChI=1S/C35H20ClN3S/c36-21-19-27-33(38-20-21)32-26(13-8-18-37-32)35(27)24-12-5-4-11-23(24)31-25(35)16-17-29-34(31)40-30-15-7-6-14-28(30)39(29)22-9-2-1-3-10-22/h1-20H. The topological polar surface area (TPSA) is 29.0 Å². The number of para-hydroxylation sites is 2. The van der Waals surface area contributed by atoms with E-state index in [2.05, 4.69) is 108 Å². The van der Waals surface area contributed by atoms with Gasteiger partial charge in [-0.05, 0) is 64.7 Å². The molecule has 2 aliphatic carbocycles. The van der Waals surface area contributed by atoms with E-state index in [4.69, 9.17) is 21.6 Å². The van der Waals surface area contributed by atoms with Crippen LogP contribution in [0.4, 0.5) is 17.1 Å². The lowest BCUT2D eigenvalue weighted by Gasteiger charge is -2.35. The Morgan fingerprint density at radius 3 is 2.35 bits per heavy atom. The van der Waals surface area contributed by atoms with Crippen LogP contribution in [-0.4, -0.2) is 9.97 Å². The van der Waals surface area contributed by atoms with Gasteiger partial charge in [0.05, 0.1) is 33.2 Å². The van der Waals surface area contributed by atoms with Crippen LogP contribution in [-0.2, 0) is 5.41 Å². The molecular formula is C35H20ClN3S. The fourth-order valence-electron chi connectivity index (χ4n) is 6.96. The van der Waals surface area contributed by atoms with Gasteiger partial charge in [-0.15, -0.1) is 0 Å². The van der Waals surface area contributed by atoms with Crippen LogP contribution < -0.4 is 4.90 Å². The summed E-state index contributed by atoms with van der Waals surface area (Å²) in [5.74, 6) is 0. The maximum atomic E-state index is 6.65. The molecule has 3 heterocycles. The van der Waals surface area contributed by atoms with Gasteiger partial charge >= 0.3 is 0 Å². The van der Waals surface area contributed by atoms with E-state index in [9.17, 15) is 0 Å². The third-order valence-electron chi connectivity index (χ3n) is 8.41. The molecule has 0 amide bonds. The molecule has 3 nitrogen and oxygen atoms in total. The van der Waals surface area contributed by atoms with Crippen LogP contribution >= 0.6 is 23.4 Å². The molecule has 1 aliphatic heterocycles. The number of hydrogen-bond donors (Lipinski definition) is 0. The SMILES string of the molecule is Clc1cnc2c(c1)C1(c3ccccc3-c3c1ccc1c3Sc3ccccc3N1c1ccccc1)c1cccnc1-2. The van der Waals surface area contributed by atoms with Crippen molar-refractivity contribution in [2.75, 3.05) is 4.90 Å². The van der Waals surface area contributed by atoms with Gasteiger partial charge in [0.2, 0.25) is 0 Å². The highest BCUT2D eigenvalue weighted by molar-refractivity contribution is 8.00. The van der Waals surface area contributed by atoms with Gasteiger partial charge in [-0.2, -0.15) is 0 Å². The Labute approximate surface area is 241 Å². The number of halogens is 1. The lowest BCUT2D eigenvalue weighted by atomic mass is 9.71. The van der Waals surface area contributed by atoms with Crippen molar-refractivity contribution in [2.45, 2.75) is 15.2 Å². The number of rotatable bonds is 1. The molecule has 6 aromatic rings. The van der Waals surface area contributed by atoms with E-state index in [-0.39, 0.29) is 0 Å². The number of aromatic nitrogens is 2. The summed E-state index contributed by atoms with van der Waals surface area (Å²) >= 11 is 8.51. The average molecular weight is 550 g/mol. The quantitative estimate of drug-likeness (QED) is 0.204. The van der Waals surface area contributed by atoms with Crippen molar-refractivity contribution in [1.82, 2.24) is 9.97 Å². The first kappa shape index (κ1) is 22.4. The Hall–Kier alpha value is -4.38. The molecule has 1 spiro atoms. The number of fused-ring (bicyclic) bond motifs is 13. The molecular weight excluding hydrogens is 530 g/mol. The third kappa shape index (κ3) is 2.72. The van der Waals surface area contributed by atoms with Crippen LogP contribution in [0.1, 0.15) is 22.3 Å². The predicted octanol–water partition coefficient (Wildman–Crippen LogP) is 9.41. The van der Waals surface area contributed by atoms with Crippen molar-refractivity contribution < 1.29 is 0 Å². The zero-order chi connectivity index (χ0) is 26.4. The summed E-state index contributed by atoms with van der Waals surface area (Å²) < 4.78 is 0. The van der Waals surface area contributed by atoms with Crippen molar-refractivity contribution in [1.29, 1.82) is 0 Å². The number of nitrogens with zero attached hydrogens (tertiary/aromatic N) is 3. The minimum atomic E-state index is -0.535. The van der Waals surface area contributed by atoms with Crippen LogP contribution in [0.15, 0.2) is 131 Å². The Bertz CT molecular complexity index is 2020. The summed E-state index contributed by atoms with van der Waals surface area (Å²) in [6.07, 6.45) is 3.59. The zero-order valence-corrected chi connectivity index (χ0v) is 22.7. The van der Waals surface area contributed by atoms with Gasteiger partial charge in [-0.3, -0.25) is 9.97 Å². The van der Waals surface area contributed by atoms with Gasteiger partial charge in [0.15, 0.2) is 0 Å². The zero-order valence-electron chi connectivity index (χ0n) is 21.2. The van der Waals surface area contributed by atoms with E-state index in [1.165, 1.54) is 43.4 Å². The number of anilines is 3. The molecule has 0 fully saturated rings. The van der Waals surface area contributed by atoms with E-state index in [0.717, 1.165) is 28.2 Å². The molecule has 0 saturated heterocycles. The van der Waals surface area contributed by atoms with Gasteiger partial charge in [-0.1, -0.05) is 90.1 Å². The molecule has 2 aromatic heterocycles. The molecule has 9 rings (SSSR count). The van der Waals surface area contributed by atoms with Gasteiger partial charge in [0.1, 0.15) is 0 Å². The summed E-state index contributed by atoms with van der Waals surface area (Å²) in [4.78, 5) is 14.6. The predicted molar refractivity (Wildman–Crippen MR) is 162 cm³/mol. The fraction of sp³-hybridized carbons (Fsp3) is 0.0286. The summed E-state index contributed by atoms with van der Waals surface area (Å²) in [6, 6.07) is 39.1. The van der Waals surface area contributed by atoms with Crippen molar-refractivity contribution in [2.24, 2.45) is 0 Å². The molecule has 0 radical (unpaired) electrons. The Kier molecular flexibility index (Phi) is 4.53. The first-order valence-corrected chi connectivity index (χ1v) is 14.5. The van der Waals surface area contributed by atoms with E-state index in [1.807, 2.05) is 24.0 Å². The maximum absolute atomic E-state index is 6.65. The summed E-state index contributed by atoms with van der Waals surface area (Å²) in [7, 11) is 0. The van der Waals surface area contributed by atoms with E-state index < -0.39 is 5.41 Å². The van der Waals surface area contributed by atoms with E-state index >= 15 is 0 Å². The molecule has 5 heteroatoms. The minimum absolute atomic E-state index is 0.535. The van der Waals surface area contributed by atoms with Crippen molar-refractivity contribution in [3.63, 3.8) is 0 Å². The summed E-state index contributed by atoms with van der Waals surface area (Å²) in [5.41, 5.74) is 12.1. The van der Waals surface area contributed by atoms with Crippen LogP contribution in [0.2, 0.25) is 5.02 Å². The number of benzene rings is 4. The van der Waals surface area contributed by atoms with Gasteiger partial charge < -0.3 is 4.90 Å². The van der Waals surface area contributed by atoms with Crippen LogP contribution in [0.25, 0.3) is 22.5 Å². The third-order valence-corrected chi connectivity index (χ3v) is 9.80. The van der Waals surface area contributed by atoms with Gasteiger partial charge in [0, 0.05) is 39.0 Å². The number of hydrogen-bond acceptors (Lipinski definition) is 4. The van der Waals surface area contributed by atoms with Gasteiger partial charge in [0.25, 0.3) is 0 Å². The first-order chi connectivity index (χ1) is 19.8. The highest BCUT2D eigenvalue weighted by atomic mass is 35.5. The maximum Gasteiger partial charge on any atom is 0.0938 e. The lowest BCUT2D eigenvalue weighted by Crippen LogP contribution is -2.26. The molecule has 3 aliphatic rings. The molecule has 0 N–H and O–H groups in total. The summed E-state index contributed by atoms with van der Waals surface area (Å²) in [6.45, 7) is 0. The van der Waals surface area contributed by atoms with E-state index in [0.29, 0.717) is 5.02 Å². The Morgan fingerprint density at radius 1 is 0.650 bits per heavy atom. The average Bonchev–Trinajstić information content (AvgIpc) is 3.47. The molecule has 40 heavy (non-hydrogen) atoms. The van der Waals surface area contributed by atoms with Crippen LogP contribution in [0, 0.1) is 0 Å². The van der Waals surface area contributed by atoms with Crippen molar-refractivity contribution in [3.8, 4) is 22.5 Å². The van der Waals surface area contributed by atoms with Crippen LogP contribution in [0.3, 0.4) is 0 Å². The minimum Gasteiger partial charge on any atom is -0.308 e. The second-order valence-corrected chi connectivity index (χ2v) is 11.8. The smallest absolute Gasteiger partial charge is 0.0938 e. The molecule has 1 atom stereocenters. The van der Waals surface area contributed by atoms with Crippen LogP contribution in [0.5, 0.6) is 0 Å². The molecule has 1 unspecified atom stereocenters. The molecule has 4 aromatic carbocycles. The molecule has 0 saturated carbocycles. The normalized spacial score (nSPS) is 17.1. The molecule has 0 bridgehead atoms. The number of pyridine rings is 2. The lowest BCUT2D eigenvalue weighted by molar-refractivity contribution is 0.788. The highest BCUT2D eigenvalue weighted by Crippen LogP contribution is 2.66. The fourth-order valence-corrected chi connectivity index (χ4v) is 8.34. The van der Waals surface area contributed by atoms with Crippen molar-refractivity contribution >= 4 is 40.4 Å². The Balaban J connectivity index is 1.41. The van der Waals surface area contributed by atoms with Crippen molar-refractivity contribution in [3.05, 3.63) is 149 Å². The second kappa shape index (κ2) is 8.07. The van der Waals surface area contributed by atoms with E-state index in [1.54, 1.807) is 6.20 Å².